The van der Waals surface area contributed by atoms with Crippen molar-refractivity contribution in [3.8, 4) is 0 Å². The predicted octanol–water partition coefficient (Wildman–Crippen LogP) is 3.89. The number of ether oxygens (including phenoxy) is 1. The summed E-state index contributed by atoms with van der Waals surface area (Å²) in [5, 5.41) is 0. The van der Waals surface area contributed by atoms with Gasteiger partial charge in [-0.3, -0.25) is 0 Å². The average Bonchev–Trinajstić information content (AvgIpc) is 2.33. The predicted molar refractivity (Wildman–Crippen MR) is 63.2 cm³/mol. The lowest BCUT2D eigenvalue weighted by Gasteiger charge is -2.27. The van der Waals surface area contributed by atoms with Crippen LogP contribution in [0.25, 0.3) is 0 Å². The number of hydrogen-bond acceptors (Lipinski definition) is 2. The molecule has 0 aliphatic carbocycles. The molecule has 0 bridgehead atoms. The molecular formula is C14H13F3O2. The number of alkyl halides is 3. The summed E-state index contributed by atoms with van der Waals surface area (Å²) in [4.78, 5) is 11.5. The zero-order valence-corrected chi connectivity index (χ0v) is 10.5. The topological polar surface area (TPSA) is 26.3 Å². The summed E-state index contributed by atoms with van der Waals surface area (Å²) in [6.45, 7) is 3.51. The lowest BCUT2D eigenvalue weighted by molar-refractivity contribution is -0.148. The van der Waals surface area contributed by atoms with E-state index in [-0.39, 0.29) is 5.92 Å². The second kappa shape index (κ2) is 4.72. The lowest BCUT2D eigenvalue weighted by atomic mass is 9.92. The molecule has 2 atom stereocenters. The SMILES string of the molecule is CC1=CC(C)C(c2ccc(C(F)(F)F)cc2)OC1=O. The standard InChI is InChI=1S/C14H13F3O2/c1-8-7-9(2)13(18)19-12(8)10-3-5-11(6-4-10)14(15,16)17/h3-8,12H,1-2H3. The van der Waals surface area contributed by atoms with Gasteiger partial charge in [0.15, 0.2) is 0 Å². The van der Waals surface area contributed by atoms with Gasteiger partial charge < -0.3 is 4.74 Å². The van der Waals surface area contributed by atoms with Crippen molar-refractivity contribution in [2.24, 2.45) is 5.92 Å². The molecule has 102 valence electrons. The third-order valence-corrected chi connectivity index (χ3v) is 3.11. The van der Waals surface area contributed by atoms with Gasteiger partial charge in [0.25, 0.3) is 0 Å². The highest BCUT2D eigenvalue weighted by atomic mass is 19.4. The van der Waals surface area contributed by atoms with Crippen molar-refractivity contribution in [1.29, 1.82) is 0 Å². The average molecular weight is 270 g/mol. The summed E-state index contributed by atoms with van der Waals surface area (Å²) >= 11 is 0. The van der Waals surface area contributed by atoms with Gasteiger partial charge in [0.2, 0.25) is 0 Å². The van der Waals surface area contributed by atoms with Crippen molar-refractivity contribution in [2.45, 2.75) is 26.1 Å². The van der Waals surface area contributed by atoms with Crippen LogP contribution in [-0.2, 0) is 15.7 Å². The Labute approximate surface area is 108 Å². The number of hydrogen-bond donors (Lipinski definition) is 0. The van der Waals surface area contributed by atoms with Crippen LogP contribution in [0.2, 0.25) is 0 Å². The van der Waals surface area contributed by atoms with Gasteiger partial charge >= 0.3 is 12.1 Å². The molecule has 0 fully saturated rings. The minimum absolute atomic E-state index is 0.0607. The molecule has 0 saturated carbocycles. The fourth-order valence-corrected chi connectivity index (χ4v) is 2.10. The van der Waals surface area contributed by atoms with Gasteiger partial charge in [0.05, 0.1) is 5.56 Å². The Morgan fingerprint density at radius 1 is 1.16 bits per heavy atom. The largest absolute Gasteiger partial charge is 0.454 e. The molecule has 1 heterocycles. The molecule has 19 heavy (non-hydrogen) atoms. The first-order valence-electron chi connectivity index (χ1n) is 5.85. The maximum atomic E-state index is 12.5. The molecule has 5 heteroatoms. The van der Waals surface area contributed by atoms with Crippen LogP contribution in [0, 0.1) is 5.92 Å². The number of benzene rings is 1. The summed E-state index contributed by atoms with van der Waals surface area (Å²) in [5.41, 5.74) is 0.381. The van der Waals surface area contributed by atoms with Gasteiger partial charge in [0, 0.05) is 11.5 Å². The van der Waals surface area contributed by atoms with Gasteiger partial charge in [-0.15, -0.1) is 0 Å². The van der Waals surface area contributed by atoms with E-state index < -0.39 is 23.8 Å². The molecule has 0 aromatic heterocycles. The van der Waals surface area contributed by atoms with E-state index in [1.165, 1.54) is 12.1 Å². The molecule has 1 aromatic carbocycles. The van der Waals surface area contributed by atoms with E-state index in [0.29, 0.717) is 11.1 Å². The Balaban J connectivity index is 2.26. The summed E-state index contributed by atoms with van der Waals surface area (Å²) in [6.07, 6.45) is -3.11. The summed E-state index contributed by atoms with van der Waals surface area (Å²) in [7, 11) is 0. The van der Waals surface area contributed by atoms with Gasteiger partial charge in [0.1, 0.15) is 6.10 Å². The second-order valence-corrected chi connectivity index (χ2v) is 4.65. The highest BCUT2D eigenvalue weighted by molar-refractivity contribution is 5.88. The molecule has 0 amide bonds. The molecule has 1 aliphatic rings. The Morgan fingerprint density at radius 3 is 2.26 bits per heavy atom. The minimum atomic E-state index is -4.36. The van der Waals surface area contributed by atoms with Crippen LogP contribution >= 0.6 is 0 Å². The van der Waals surface area contributed by atoms with Crippen molar-refractivity contribution < 1.29 is 22.7 Å². The zero-order valence-electron chi connectivity index (χ0n) is 10.5. The van der Waals surface area contributed by atoms with Crippen molar-refractivity contribution in [3.63, 3.8) is 0 Å². The number of carbonyl (C=O) groups is 1. The van der Waals surface area contributed by atoms with E-state index in [0.717, 1.165) is 12.1 Å². The molecule has 0 radical (unpaired) electrons. The van der Waals surface area contributed by atoms with Gasteiger partial charge in [-0.25, -0.2) is 4.79 Å². The number of cyclic esters (lactones) is 1. The van der Waals surface area contributed by atoms with Crippen molar-refractivity contribution in [2.75, 3.05) is 0 Å². The number of carbonyl (C=O) groups excluding carboxylic acids is 1. The molecule has 1 aliphatic heterocycles. The van der Waals surface area contributed by atoms with Gasteiger partial charge in [-0.05, 0) is 24.6 Å². The summed E-state index contributed by atoms with van der Waals surface area (Å²) in [6, 6.07) is 4.71. The molecule has 2 unspecified atom stereocenters. The Bertz CT molecular complexity index is 514. The molecule has 0 spiro atoms. The molecule has 2 nitrogen and oxygen atoms in total. The van der Waals surface area contributed by atoms with Crippen molar-refractivity contribution in [3.05, 3.63) is 47.0 Å². The number of halogens is 3. The maximum Gasteiger partial charge on any atom is 0.416 e. The van der Waals surface area contributed by atoms with Crippen LogP contribution in [0.5, 0.6) is 0 Å². The third kappa shape index (κ3) is 2.80. The van der Waals surface area contributed by atoms with Crippen LogP contribution in [-0.4, -0.2) is 5.97 Å². The van der Waals surface area contributed by atoms with E-state index >= 15 is 0 Å². The highest BCUT2D eigenvalue weighted by Crippen LogP contribution is 2.35. The smallest absolute Gasteiger partial charge is 0.416 e. The fraction of sp³-hybridized carbons (Fsp3) is 0.357. The Kier molecular flexibility index (Phi) is 3.39. The van der Waals surface area contributed by atoms with Crippen molar-refractivity contribution in [1.82, 2.24) is 0 Å². The van der Waals surface area contributed by atoms with Crippen molar-refractivity contribution >= 4 is 5.97 Å². The van der Waals surface area contributed by atoms with E-state index in [4.69, 9.17) is 4.74 Å². The molecule has 0 N–H and O–H groups in total. The fourth-order valence-electron chi connectivity index (χ4n) is 2.10. The van der Waals surface area contributed by atoms with E-state index in [9.17, 15) is 18.0 Å². The normalized spacial score (nSPS) is 23.8. The first-order valence-corrected chi connectivity index (χ1v) is 5.85. The maximum absolute atomic E-state index is 12.5. The molecule has 1 aromatic rings. The Hall–Kier alpha value is -1.78. The quantitative estimate of drug-likeness (QED) is 0.724. The highest BCUT2D eigenvalue weighted by Gasteiger charge is 2.32. The van der Waals surface area contributed by atoms with Crippen LogP contribution in [0.4, 0.5) is 13.2 Å². The van der Waals surface area contributed by atoms with Gasteiger partial charge in [-0.2, -0.15) is 13.2 Å². The first kappa shape index (κ1) is 13.6. The van der Waals surface area contributed by atoms with Crippen LogP contribution in [0.1, 0.15) is 31.1 Å². The lowest BCUT2D eigenvalue weighted by Crippen LogP contribution is -2.23. The van der Waals surface area contributed by atoms with Crippen LogP contribution in [0.15, 0.2) is 35.9 Å². The number of rotatable bonds is 1. The number of esters is 1. The van der Waals surface area contributed by atoms with E-state index in [1.54, 1.807) is 13.0 Å². The summed E-state index contributed by atoms with van der Waals surface area (Å²) < 4.78 is 42.6. The summed E-state index contributed by atoms with van der Waals surface area (Å²) in [5.74, 6) is -0.488. The minimum Gasteiger partial charge on any atom is -0.454 e. The Morgan fingerprint density at radius 2 is 1.74 bits per heavy atom. The molecule has 2 rings (SSSR count). The second-order valence-electron chi connectivity index (χ2n) is 4.65. The van der Waals surface area contributed by atoms with E-state index in [1.807, 2.05) is 6.92 Å². The monoisotopic (exact) mass is 270 g/mol. The zero-order chi connectivity index (χ0) is 14.2. The molecular weight excluding hydrogens is 257 g/mol. The van der Waals surface area contributed by atoms with Gasteiger partial charge in [-0.1, -0.05) is 25.1 Å². The third-order valence-electron chi connectivity index (χ3n) is 3.11. The molecule has 0 saturated heterocycles. The van der Waals surface area contributed by atoms with Crippen LogP contribution in [0.3, 0.4) is 0 Å². The van der Waals surface area contributed by atoms with E-state index in [2.05, 4.69) is 0 Å². The van der Waals surface area contributed by atoms with Crippen LogP contribution < -0.4 is 0 Å². The first-order chi connectivity index (χ1) is 8.79.